The largest absolute Gasteiger partial charge is 0.478 e. The summed E-state index contributed by atoms with van der Waals surface area (Å²) in [6.45, 7) is 4.60. The number of aromatic carboxylic acids is 1. The minimum absolute atomic E-state index is 0.218. The van der Waals surface area contributed by atoms with Crippen molar-refractivity contribution in [2.45, 2.75) is 24.8 Å². The Morgan fingerprint density at radius 3 is 2.75 bits per heavy atom. The Morgan fingerprint density at radius 1 is 1.44 bits per heavy atom. The van der Waals surface area contributed by atoms with Crippen LogP contribution < -0.4 is 0 Å². The van der Waals surface area contributed by atoms with Crippen LogP contribution in [0.1, 0.15) is 24.2 Å². The molecule has 0 bridgehead atoms. The van der Waals surface area contributed by atoms with Gasteiger partial charge in [-0.05, 0) is 26.0 Å². The monoisotopic (exact) mass is 240 g/mol. The fraction of sp³-hybridized carbons (Fsp3) is 0.417. The summed E-state index contributed by atoms with van der Waals surface area (Å²) in [5, 5.41) is 8.97. The first kappa shape index (κ1) is 13.1. The van der Waals surface area contributed by atoms with E-state index in [0.717, 1.165) is 10.6 Å². The highest BCUT2D eigenvalue weighted by Crippen LogP contribution is 2.22. The van der Waals surface area contributed by atoms with Gasteiger partial charge in [-0.15, -0.1) is 11.8 Å². The Morgan fingerprint density at radius 2 is 2.12 bits per heavy atom. The summed E-state index contributed by atoms with van der Waals surface area (Å²) in [7, 11) is 0. The van der Waals surface area contributed by atoms with E-state index in [-0.39, 0.29) is 6.10 Å². The van der Waals surface area contributed by atoms with E-state index in [1.807, 2.05) is 26.0 Å². The number of carbonyl (C=O) groups is 1. The fourth-order valence-corrected chi connectivity index (χ4v) is 2.09. The number of carboxylic acids is 1. The maximum absolute atomic E-state index is 10.9. The predicted octanol–water partition coefficient (Wildman–Crippen LogP) is 2.90. The maximum atomic E-state index is 10.9. The van der Waals surface area contributed by atoms with Crippen LogP contribution in [-0.2, 0) is 4.74 Å². The normalized spacial score (nSPS) is 10.7. The molecule has 1 aromatic carbocycles. The fourth-order valence-electron chi connectivity index (χ4n) is 1.20. The van der Waals surface area contributed by atoms with E-state index >= 15 is 0 Å². The number of thioether (sulfide) groups is 1. The van der Waals surface area contributed by atoms with Gasteiger partial charge in [-0.3, -0.25) is 0 Å². The molecule has 0 atom stereocenters. The zero-order chi connectivity index (χ0) is 12.0. The molecule has 88 valence electrons. The number of benzene rings is 1. The minimum Gasteiger partial charge on any atom is -0.478 e. The van der Waals surface area contributed by atoms with E-state index in [2.05, 4.69) is 0 Å². The summed E-state index contributed by atoms with van der Waals surface area (Å²) in [6, 6.07) is 7.02. The molecule has 0 radical (unpaired) electrons. The second-order valence-corrected chi connectivity index (χ2v) is 4.71. The third kappa shape index (κ3) is 4.24. The van der Waals surface area contributed by atoms with Crippen LogP contribution in [0.15, 0.2) is 29.2 Å². The molecule has 0 unspecified atom stereocenters. The van der Waals surface area contributed by atoms with Gasteiger partial charge < -0.3 is 9.84 Å². The highest BCUT2D eigenvalue weighted by Gasteiger charge is 2.08. The first-order valence-electron chi connectivity index (χ1n) is 5.18. The maximum Gasteiger partial charge on any atom is 0.336 e. The average molecular weight is 240 g/mol. The van der Waals surface area contributed by atoms with Gasteiger partial charge >= 0.3 is 5.97 Å². The van der Waals surface area contributed by atoms with Crippen molar-refractivity contribution in [2.75, 3.05) is 12.4 Å². The van der Waals surface area contributed by atoms with Crippen LogP contribution in [0.25, 0.3) is 0 Å². The lowest BCUT2D eigenvalue weighted by Gasteiger charge is -2.08. The van der Waals surface area contributed by atoms with Crippen molar-refractivity contribution < 1.29 is 14.6 Å². The van der Waals surface area contributed by atoms with Gasteiger partial charge in [-0.2, -0.15) is 0 Å². The van der Waals surface area contributed by atoms with Gasteiger partial charge in [0.1, 0.15) is 0 Å². The van der Waals surface area contributed by atoms with E-state index in [9.17, 15) is 4.79 Å². The molecule has 1 rings (SSSR count). The van der Waals surface area contributed by atoms with Crippen molar-refractivity contribution in [1.29, 1.82) is 0 Å². The third-order valence-corrected chi connectivity index (χ3v) is 2.95. The molecule has 3 nitrogen and oxygen atoms in total. The van der Waals surface area contributed by atoms with Crippen molar-refractivity contribution in [2.24, 2.45) is 0 Å². The Hall–Kier alpha value is -1.00. The number of carboxylic acid groups (broad SMARTS) is 1. The molecule has 0 aliphatic carbocycles. The molecule has 0 saturated carbocycles. The van der Waals surface area contributed by atoms with Crippen LogP contribution in [0, 0.1) is 0 Å². The molecule has 0 aromatic heterocycles. The van der Waals surface area contributed by atoms with Crippen LogP contribution in [0.4, 0.5) is 0 Å². The highest BCUT2D eigenvalue weighted by molar-refractivity contribution is 7.99. The second kappa shape index (κ2) is 6.55. The van der Waals surface area contributed by atoms with Crippen LogP contribution in [0.3, 0.4) is 0 Å². The summed E-state index contributed by atoms with van der Waals surface area (Å²) in [5.41, 5.74) is 0.358. The first-order chi connectivity index (χ1) is 7.61. The average Bonchev–Trinajstić information content (AvgIpc) is 2.24. The third-order valence-electron chi connectivity index (χ3n) is 1.91. The Bertz CT molecular complexity index is 350. The van der Waals surface area contributed by atoms with Crippen LogP contribution in [-0.4, -0.2) is 29.5 Å². The molecule has 4 heteroatoms. The number of hydrogen-bond acceptors (Lipinski definition) is 3. The molecule has 0 heterocycles. The standard InChI is InChI=1S/C12H16O3S/c1-9(2)15-7-8-16-11-6-4-3-5-10(11)12(13)14/h3-6,9H,7-8H2,1-2H3,(H,13,14). The van der Waals surface area contributed by atoms with E-state index in [1.165, 1.54) is 11.8 Å². The molecule has 16 heavy (non-hydrogen) atoms. The number of hydrogen-bond donors (Lipinski definition) is 1. The van der Waals surface area contributed by atoms with Crippen molar-refractivity contribution in [3.8, 4) is 0 Å². The highest BCUT2D eigenvalue weighted by atomic mass is 32.2. The quantitative estimate of drug-likeness (QED) is 0.613. The van der Waals surface area contributed by atoms with Gasteiger partial charge in [-0.25, -0.2) is 4.79 Å². The van der Waals surface area contributed by atoms with Crippen molar-refractivity contribution in [1.82, 2.24) is 0 Å². The molecule has 1 N–H and O–H groups in total. The molecule has 0 aliphatic heterocycles. The predicted molar refractivity (Wildman–Crippen MR) is 65.2 cm³/mol. The summed E-state index contributed by atoms with van der Waals surface area (Å²) >= 11 is 1.51. The van der Waals surface area contributed by atoms with Gasteiger partial charge in [0.2, 0.25) is 0 Å². The molecular weight excluding hydrogens is 224 g/mol. The summed E-state index contributed by atoms with van der Waals surface area (Å²) in [4.78, 5) is 11.7. The summed E-state index contributed by atoms with van der Waals surface area (Å²) in [6.07, 6.45) is 0.218. The Balaban J connectivity index is 2.50. The molecule has 0 saturated heterocycles. The molecule has 0 amide bonds. The van der Waals surface area contributed by atoms with Gasteiger partial charge in [-0.1, -0.05) is 12.1 Å². The number of ether oxygens (including phenoxy) is 1. The molecule has 0 aliphatic rings. The van der Waals surface area contributed by atoms with Gasteiger partial charge in [0, 0.05) is 10.6 Å². The topological polar surface area (TPSA) is 46.5 Å². The SMILES string of the molecule is CC(C)OCCSc1ccccc1C(=O)O. The lowest BCUT2D eigenvalue weighted by molar-refractivity contribution is 0.0692. The Labute approximate surface area is 99.8 Å². The van der Waals surface area contributed by atoms with Gasteiger partial charge in [0.05, 0.1) is 18.3 Å². The van der Waals surface area contributed by atoms with Crippen molar-refractivity contribution in [3.63, 3.8) is 0 Å². The van der Waals surface area contributed by atoms with Crippen molar-refractivity contribution in [3.05, 3.63) is 29.8 Å². The van der Waals surface area contributed by atoms with E-state index in [1.54, 1.807) is 12.1 Å². The van der Waals surface area contributed by atoms with Gasteiger partial charge in [0.15, 0.2) is 0 Å². The Kier molecular flexibility index (Phi) is 5.35. The zero-order valence-corrected chi connectivity index (χ0v) is 10.3. The van der Waals surface area contributed by atoms with Gasteiger partial charge in [0.25, 0.3) is 0 Å². The molecular formula is C12H16O3S. The first-order valence-corrected chi connectivity index (χ1v) is 6.16. The van der Waals surface area contributed by atoms with Crippen LogP contribution >= 0.6 is 11.8 Å². The second-order valence-electron chi connectivity index (χ2n) is 3.57. The lowest BCUT2D eigenvalue weighted by atomic mass is 10.2. The van der Waals surface area contributed by atoms with Crippen LogP contribution in [0.5, 0.6) is 0 Å². The molecule has 0 fully saturated rings. The van der Waals surface area contributed by atoms with E-state index in [4.69, 9.17) is 9.84 Å². The lowest BCUT2D eigenvalue weighted by Crippen LogP contribution is -2.06. The smallest absolute Gasteiger partial charge is 0.336 e. The zero-order valence-electron chi connectivity index (χ0n) is 9.47. The van der Waals surface area contributed by atoms with Crippen LogP contribution in [0.2, 0.25) is 0 Å². The van der Waals surface area contributed by atoms with E-state index in [0.29, 0.717) is 12.2 Å². The molecule has 0 spiro atoms. The number of rotatable bonds is 6. The summed E-state index contributed by atoms with van der Waals surface area (Å²) < 4.78 is 5.40. The van der Waals surface area contributed by atoms with Crippen molar-refractivity contribution >= 4 is 17.7 Å². The minimum atomic E-state index is -0.882. The molecule has 1 aromatic rings. The van der Waals surface area contributed by atoms with E-state index < -0.39 is 5.97 Å². The summed E-state index contributed by atoms with van der Waals surface area (Å²) in [5.74, 6) is -0.115.